The number of methoxy groups -OCH3 is 1. The van der Waals surface area contributed by atoms with E-state index in [4.69, 9.17) is 24.1 Å². The van der Waals surface area contributed by atoms with Gasteiger partial charge in [0.2, 0.25) is 6.29 Å². The van der Waals surface area contributed by atoms with Gasteiger partial charge in [0, 0.05) is 7.11 Å². The quantitative estimate of drug-likeness (QED) is 0.313. The van der Waals surface area contributed by atoms with Gasteiger partial charge in [-0.15, -0.1) is 0 Å². The second kappa shape index (κ2) is 10.5. The van der Waals surface area contributed by atoms with Crippen molar-refractivity contribution in [2.75, 3.05) is 40.1 Å². The molecule has 0 radical (unpaired) electrons. The third-order valence-corrected chi connectivity index (χ3v) is 1.37. The Hall–Kier alpha value is -0.620. The smallest absolute Gasteiger partial charge is 0.222 e. The van der Waals surface area contributed by atoms with Crippen molar-refractivity contribution in [2.24, 2.45) is 0 Å². The fourth-order valence-corrected chi connectivity index (χ4v) is 0.734. The average Bonchev–Trinajstić information content (AvgIpc) is 2.21. The van der Waals surface area contributed by atoms with Crippen molar-refractivity contribution in [3.8, 4) is 0 Å². The van der Waals surface area contributed by atoms with Gasteiger partial charge in [-0.3, -0.25) is 0 Å². The van der Waals surface area contributed by atoms with Crippen molar-refractivity contribution in [3.63, 3.8) is 0 Å². The Morgan fingerprint density at radius 1 is 1.29 bits per heavy atom. The van der Waals surface area contributed by atoms with Gasteiger partial charge in [0.25, 0.3) is 0 Å². The lowest BCUT2D eigenvalue weighted by Crippen LogP contribution is -2.21. The van der Waals surface area contributed by atoms with Gasteiger partial charge in [-0.1, -0.05) is 6.58 Å². The van der Waals surface area contributed by atoms with E-state index < -0.39 is 6.29 Å². The Balaban J connectivity index is 3.19. The molecule has 0 spiro atoms. The van der Waals surface area contributed by atoms with Gasteiger partial charge in [-0.2, -0.15) is 0 Å². The maximum Gasteiger partial charge on any atom is 0.222 e. The Bertz CT molecular complexity index is 128. The largest absolute Gasteiger partial charge is 0.471 e. The van der Waals surface area contributed by atoms with Crippen LogP contribution in [0.25, 0.3) is 0 Å². The van der Waals surface area contributed by atoms with E-state index in [9.17, 15) is 0 Å². The van der Waals surface area contributed by atoms with Gasteiger partial charge in [-0.25, -0.2) is 0 Å². The molecular formula is C9H18O5. The van der Waals surface area contributed by atoms with Crippen LogP contribution in [0.3, 0.4) is 0 Å². The van der Waals surface area contributed by atoms with Crippen LogP contribution < -0.4 is 0 Å². The van der Waals surface area contributed by atoms with Crippen molar-refractivity contribution in [3.05, 3.63) is 12.8 Å². The predicted molar refractivity (Wildman–Crippen MR) is 50.8 cm³/mol. The van der Waals surface area contributed by atoms with Crippen molar-refractivity contribution < 1.29 is 24.1 Å². The number of hydrogen-bond donors (Lipinski definition) is 1. The second-order valence-electron chi connectivity index (χ2n) is 2.38. The van der Waals surface area contributed by atoms with Crippen LogP contribution in [0.5, 0.6) is 0 Å². The Morgan fingerprint density at radius 2 is 2.00 bits per heavy atom. The van der Waals surface area contributed by atoms with E-state index in [-0.39, 0.29) is 6.61 Å². The maximum atomic E-state index is 8.40. The summed E-state index contributed by atoms with van der Waals surface area (Å²) in [5.74, 6) is 0. The first kappa shape index (κ1) is 13.4. The van der Waals surface area contributed by atoms with E-state index in [1.165, 1.54) is 13.4 Å². The molecule has 1 atom stereocenters. The molecule has 0 bridgehead atoms. The summed E-state index contributed by atoms with van der Waals surface area (Å²) in [4.78, 5) is 0. The molecule has 84 valence electrons. The van der Waals surface area contributed by atoms with Crippen molar-refractivity contribution >= 4 is 0 Å². The fourth-order valence-electron chi connectivity index (χ4n) is 0.734. The number of hydrogen-bond acceptors (Lipinski definition) is 5. The van der Waals surface area contributed by atoms with E-state index in [1.54, 1.807) is 0 Å². The highest BCUT2D eigenvalue weighted by Gasteiger charge is 2.04. The van der Waals surface area contributed by atoms with Crippen LogP contribution >= 0.6 is 0 Å². The summed E-state index contributed by atoms with van der Waals surface area (Å²) in [5, 5.41) is 8.40. The molecule has 1 N–H and O–H groups in total. The van der Waals surface area contributed by atoms with Gasteiger partial charge in [0.1, 0.15) is 6.61 Å². The van der Waals surface area contributed by atoms with Crippen LogP contribution in [0.2, 0.25) is 0 Å². The highest BCUT2D eigenvalue weighted by Crippen LogP contribution is 1.94. The molecule has 0 saturated heterocycles. The normalized spacial score (nSPS) is 12.4. The Labute approximate surface area is 84.2 Å². The Morgan fingerprint density at radius 3 is 2.57 bits per heavy atom. The molecule has 0 aromatic carbocycles. The van der Waals surface area contributed by atoms with Crippen LogP contribution in [0, 0.1) is 0 Å². The summed E-state index contributed by atoms with van der Waals surface area (Å²) in [7, 11) is 1.53. The van der Waals surface area contributed by atoms with E-state index >= 15 is 0 Å². The lowest BCUT2D eigenvalue weighted by molar-refractivity contribution is -0.128. The fraction of sp³-hybridized carbons (Fsp3) is 0.778. The molecule has 14 heavy (non-hydrogen) atoms. The molecule has 5 heteroatoms. The first-order chi connectivity index (χ1) is 6.85. The minimum atomic E-state index is -0.426. The molecule has 0 heterocycles. The maximum absolute atomic E-state index is 8.40. The molecule has 0 aliphatic heterocycles. The number of aliphatic hydroxyl groups excluding tert-OH is 1. The lowest BCUT2D eigenvalue weighted by atomic mass is 10.6. The minimum absolute atomic E-state index is 0.0280. The molecule has 1 unspecified atom stereocenters. The molecule has 5 nitrogen and oxygen atoms in total. The molecule has 0 saturated carbocycles. The van der Waals surface area contributed by atoms with Crippen molar-refractivity contribution in [1.82, 2.24) is 0 Å². The van der Waals surface area contributed by atoms with Gasteiger partial charge in [0.15, 0.2) is 0 Å². The SMILES string of the molecule is C=COC(COCCOCCO)OC. The van der Waals surface area contributed by atoms with E-state index in [2.05, 4.69) is 6.58 Å². The first-order valence-electron chi connectivity index (χ1n) is 4.40. The molecule has 0 amide bonds. The van der Waals surface area contributed by atoms with Gasteiger partial charge < -0.3 is 24.1 Å². The summed E-state index contributed by atoms with van der Waals surface area (Å²) < 4.78 is 20.0. The third kappa shape index (κ3) is 8.00. The third-order valence-electron chi connectivity index (χ3n) is 1.37. The Kier molecular flexibility index (Phi) is 10.00. The predicted octanol–water partition coefficient (Wildman–Crippen LogP) is 0.145. The molecular weight excluding hydrogens is 188 g/mol. The zero-order valence-corrected chi connectivity index (χ0v) is 8.48. The minimum Gasteiger partial charge on any atom is -0.471 e. The van der Waals surface area contributed by atoms with E-state index in [0.717, 1.165) is 0 Å². The van der Waals surface area contributed by atoms with E-state index in [1.807, 2.05) is 0 Å². The molecule has 0 rings (SSSR count). The van der Waals surface area contributed by atoms with Crippen LogP contribution in [0.1, 0.15) is 0 Å². The van der Waals surface area contributed by atoms with E-state index in [0.29, 0.717) is 26.4 Å². The highest BCUT2D eigenvalue weighted by molar-refractivity contribution is 4.52. The standard InChI is InChI=1S/C9H18O5/c1-3-14-9(11-2)8-13-7-6-12-5-4-10/h3,9-10H,1,4-8H2,2H3. The van der Waals surface area contributed by atoms with Crippen LogP contribution in [0.4, 0.5) is 0 Å². The van der Waals surface area contributed by atoms with Crippen molar-refractivity contribution in [1.29, 1.82) is 0 Å². The van der Waals surface area contributed by atoms with Crippen molar-refractivity contribution in [2.45, 2.75) is 6.29 Å². The summed E-state index contributed by atoms with van der Waals surface area (Å²) in [6, 6.07) is 0. The van der Waals surface area contributed by atoms with Gasteiger partial charge in [-0.05, 0) is 0 Å². The first-order valence-corrected chi connectivity index (χ1v) is 4.40. The number of ether oxygens (including phenoxy) is 4. The van der Waals surface area contributed by atoms with Gasteiger partial charge in [0.05, 0.1) is 32.7 Å². The van der Waals surface area contributed by atoms with Gasteiger partial charge >= 0.3 is 0 Å². The average molecular weight is 206 g/mol. The molecule has 0 aliphatic rings. The summed E-state index contributed by atoms with van der Waals surface area (Å²) >= 11 is 0. The topological polar surface area (TPSA) is 57.2 Å². The summed E-state index contributed by atoms with van der Waals surface area (Å²) in [5.41, 5.74) is 0. The zero-order valence-electron chi connectivity index (χ0n) is 8.48. The summed E-state index contributed by atoms with van der Waals surface area (Å²) in [6.45, 7) is 4.99. The highest BCUT2D eigenvalue weighted by atomic mass is 16.7. The number of rotatable bonds is 10. The van der Waals surface area contributed by atoms with Crippen LogP contribution in [-0.2, 0) is 18.9 Å². The zero-order chi connectivity index (χ0) is 10.6. The molecule has 0 fully saturated rings. The van der Waals surface area contributed by atoms with Crippen LogP contribution in [0.15, 0.2) is 12.8 Å². The lowest BCUT2D eigenvalue weighted by Gasteiger charge is -2.14. The second-order valence-corrected chi connectivity index (χ2v) is 2.38. The number of aliphatic hydroxyl groups is 1. The molecule has 0 aromatic rings. The summed E-state index contributed by atoms with van der Waals surface area (Å²) in [6.07, 6.45) is 0.880. The molecule has 0 aromatic heterocycles. The van der Waals surface area contributed by atoms with Crippen LogP contribution in [-0.4, -0.2) is 51.5 Å². The monoisotopic (exact) mass is 206 g/mol. The molecule has 0 aliphatic carbocycles.